The highest BCUT2D eigenvalue weighted by Gasteiger charge is 2.06. The van der Waals surface area contributed by atoms with E-state index in [4.69, 9.17) is 17.3 Å². The molecule has 0 saturated heterocycles. The zero-order valence-corrected chi connectivity index (χ0v) is 10.8. The van der Waals surface area contributed by atoms with E-state index in [0.717, 1.165) is 11.3 Å². The molecule has 0 aromatic heterocycles. The second-order valence-electron chi connectivity index (χ2n) is 4.13. The molecule has 2 aromatic rings. The van der Waals surface area contributed by atoms with E-state index >= 15 is 0 Å². The zero-order chi connectivity index (χ0) is 13.1. The number of nitrogens with one attached hydrogen (secondary N) is 1. The second-order valence-corrected chi connectivity index (χ2v) is 4.53. The topological polar surface area (TPSA) is 38.0 Å². The maximum absolute atomic E-state index is 13.5. The fraction of sp³-hybridized carbons (Fsp3) is 0.143. The van der Waals surface area contributed by atoms with E-state index in [1.165, 1.54) is 6.07 Å². The van der Waals surface area contributed by atoms with Crippen molar-refractivity contribution in [1.29, 1.82) is 0 Å². The highest BCUT2D eigenvalue weighted by Crippen LogP contribution is 2.22. The lowest BCUT2D eigenvalue weighted by Gasteiger charge is -2.10. The predicted octanol–water partition coefficient (Wildman–Crippen LogP) is 3.98. The largest absolute Gasteiger partial charge is 0.398 e. The summed E-state index contributed by atoms with van der Waals surface area (Å²) in [6.07, 6.45) is 0. The summed E-state index contributed by atoms with van der Waals surface area (Å²) in [6, 6.07) is 10.3. The van der Waals surface area contributed by atoms with E-state index in [-0.39, 0.29) is 5.82 Å². The minimum absolute atomic E-state index is 0.310. The number of rotatable bonds is 3. The number of hydrogen-bond donors (Lipinski definition) is 2. The van der Waals surface area contributed by atoms with Crippen LogP contribution in [0.4, 0.5) is 15.8 Å². The Kier molecular flexibility index (Phi) is 3.72. The molecule has 4 heteroatoms. The molecule has 0 aliphatic heterocycles. The average molecular weight is 265 g/mol. The van der Waals surface area contributed by atoms with Gasteiger partial charge in [-0.3, -0.25) is 0 Å². The Balaban J connectivity index is 2.14. The van der Waals surface area contributed by atoms with Gasteiger partial charge >= 0.3 is 0 Å². The van der Waals surface area contributed by atoms with Crippen LogP contribution in [-0.2, 0) is 6.54 Å². The van der Waals surface area contributed by atoms with Crippen LogP contribution >= 0.6 is 11.6 Å². The van der Waals surface area contributed by atoms with Crippen molar-refractivity contribution in [2.75, 3.05) is 11.1 Å². The first kappa shape index (κ1) is 12.7. The van der Waals surface area contributed by atoms with Crippen LogP contribution in [0.1, 0.15) is 11.1 Å². The van der Waals surface area contributed by atoms with E-state index in [0.29, 0.717) is 22.8 Å². The molecule has 0 heterocycles. The highest BCUT2D eigenvalue weighted by atomic mass is 35.5. The van der Waals surface area contributed by atoms with E-state index in [1.54, 1.807) is 12.1 Å². The molecule has 94 valence electrons. The number of benzene rings is 2. The summed E-state index contributed by atoms with van der Waals surface area (Å²) >= 11 is 5.95. The first-order chi connectivity index (χ1) is 8.58. The molecule has 0 saturated carbocycles. The molecule has 0 radical (unpaired) electrons. The van der Waals surface area contributed by atoms with Gasteiger partial charge in [0.1, 0.15) is 5.82 Å². The summed E-state index contributed by atoms with van der Waals surface area (Å²) in [7, 11) is 0. The standard InChI is InChI=1S/C14H14ClFN2/c1-9-5-6-10(7-14(9)17)18-8-11-12(15)3-2-4-13(11)16/h2-7,18H,8,17H2,1H3. The van der Waals surface area contributed by atoms with E-state index in [1.807, 2.05) is 25.1 Å². The second kappa shape index (κ2) is 5.27. The van der Waals surface area contributed by atoms with Gasteiger partial charge in [-0.15, -0.1) is 0 Å². The molecule has 0 unspecified atom stereocenters. The monoisotopic (exact) mass is 264 g/mol. The van der Waals surface area contributed by atoms with Crippen molar-refractivity contribution in [2.45, 2.75) is 13.5 Å². The van der Waals surface area contributed by atoms with Crippen molar-refractivity contribution in [2.24, 2.45) is 0 Å². The van der Waals surface area contributed by atoms with Gasteiger partial charge in [-0.1, -0.05) is 23.7 Å². The van der Waals surface area contributed by atoms with Gasteiger partial charge in [-0.25, -0.2) is 4.39 Å². The minimum Gasteiger partial charge on any atom is -0.398 e. The van der Waals surface area contributed by atoms with Crippen LogP contribution in [0.3, 0.4) is 0 Å². The number of nitrogen functional groups attached to an aromatic ring is 1. The third-order valence-corrected chi connectivity index (χ3v) is 3.16. The average Bonchev–Trinajstić information content (AvgIpc) is 2.33. The molecule has 2 nitrogen and oxygen atoms in total. The molecule has 2 aromatic carbocycles. The first-order valence-electron chi connectivity index (χ1n) is 5.61. The summed E-state index contributed by atoms with van der Waals surface area (Å²) in [5.41, 5.74) is 8.84. The molecule has 0 spiro atoms. The Morgan fingerprint density at radius 3 is 2.72 bits per heavy atom. The third-order valence-electron chi connectivity index (χ3n) is 2.81. The van der Waals surface area contributed by atoms with E-state index in [9.17, 15) is 4.39 Å². The molecule has 2 rings (SSSR count). The lowest BCUT2D eigenvalue weighted by atomic mass is 10.1. The SMILES string of the molecule is Cc1ccc(NCc2c(F)cccc2Cl)cc1N. The molecule has 0 fully saturated rings. The van der Waals surface area contributed by atoms with Crippen LogP contribution in [0.15, 0.2) is 36.4 Å². The Labute approximate surface area is 111 Å². The fourth-order valence-corrected chi connectivity index (χ4v) is 1.87. The Hall–Kier alpha value is -1.74. The number of aryl methyl sites for hydroxylation is 1. The number of hydrogen-bond acceptors (Lipinski definition) is 2. The lowest BCUT2D eigenvalue weighted by molar-refractivity contribution is 0.613. The molecule has 0 atom stereocenters. The molecule has 0 bridgehead atoms. The van der Waals surface area contributed by atoms with E-state index in [2.05, 4.69) is 5.32 Å². The smallest absolute Gasteiger partial charge is 0.129 e. The first-order valence-corrected chi connectivity index (χ1v) is 5.98. The molecule has 0 aliphatic carbocycles. The van der Waals surface area contributed by atoms with Crippen LogP contribution in [0.2, 0.25) is 5.02 Å². The molecular formula is C14H14ClFN2. The number of halogens is 2. The summed E-state index contributed by atoms with van der Waals surface area (Å²) in [6.45, 7) is 2.26. The van der Waals surface area contributed by atoms with E-state index < -0.39 is 0 Å². The number of anilines is 2. The minimum atomic E-state index is -0.310. The van der Waals surface area contributed by atoms with Crippen LogP contribution in [-0.4, -0.2) is 0 Å². The number of nitrogens with two attached hydrogens (primary N) is 1. The Morgan fingerprint density at radius 1 is 1.28 bits per heavy atom. The van der Waals surface area contributed by atoms with Gasteiger partial charge in [-0.2, -0.15) is 0 Å². The normalized spacial score (nSPS) is 10.4. The van der Waals surface area contributed by atoms with Crippen molar-refractivity contribution >= 4 is 23.0 Å². The van der Waals surface area contributed by atoms with Gasteiger partial charge in [0.2, 0.25) is 0 Å². The van der Waals surface area contributed by atoms with Crippen LogP contribution in [0.25, 0.3) is 0 Å². The predicted molar refractivity (Wildman–Crippen MR) is 74.3 cm³/mol. The van der Waals surface area contributed by atoms with Crippen molar-refractivity contribution in [3.63, 3.8) is 0 Å². The summed E-state index contributed by atoms with van der Waals surface area (Å²) in [5.74, 6) is -0.310. The van der Waals surface area contributed by atoms with Gasteiger partial charge in [-0.05, 0) is 36.8 Å². The maximum atomic E-state index is 13.5. The fourth-order valence-electron chi connectivity index (χ4n) is 1.64. The van der Waals surface area contributed by atoms with Crippen LogP contribution in [0.5, 0.6) is 0 Å². The quantitative estimate of drug-likeness (QED) is 0.823. The van der Waals surface area contributed by atoms with Gasteiger partial charge in [0.15, 0.2) is 0 Å². The van der Waals surface area contributed by atoms with Crippen molar-refractivity contribution < 1.29 is 4.39 Å². The Morgan fingerprint density at radius 2 is 2.06 bits per heavy atom. The molecular weight excluding hydrogens is 251 g/mol. The van der Waals surface area contributed by atoms with Gasteiger partial charge in [0.25, 0.3) is 0 Å². The van der Waals surface area contributed by atoms with Gasteiger partial charge < -0.3 is 11.1 Å². The summed E-state index contributed by atoms with van der Waals surface area (Å²) in [4.78, 5) is 0. The van der Waals surface area contributed by atoms with Crippen LogP contribution in [0, 0.1) is 12.7 Å². The Bertz CT molecular complexity index is 549. The molecule has 18 heavy (non-hydrogen) atoms. The maximum Gasteiger partial charge on any atom is 0.129 e. The van der Waals surface area contributed by atoms with Crippen molar-refractivity contribution in [3.05, 3.63) is 58.4 Å². The van der Waals surface area contributed by atoms with Gasteiger partial charge in [0.05, 0.1) is 0 Å². The van der Waals surface area contributed by atoms with Crippen molar-refractivity contribution in [3.8, 4) is 0 Å². The molecule has 0 aliphatic rings. The lowest BCUT2D eigenvalue weighted by Crippen LogP contribution is -2.03. The zero-order valence-electron chi connectivity index (χ0n) is 10.0. The van der Waals surface area contributed by atoms with Crippen LogP contribution < -0.4 is 11.1 Å². The molecule has 3 N–H and O–H groups in total. The molecule has 0 amide bonds. The third kappa shape index (κ3) is 2.74. The van der Waals surface area contributed by atoms with Gasteiger partial charge in [0, 0.05) is 28.5 Å². The summed E-state index contributed by atoms with van der Waals surface area (Å²) in [5, 5.41) is 3.53. The summed E-state index contributed by atoms with van der Waals surface area (Å²) < 4.78 is 13.5. The highest BCUT2D eigenvalue weighted by molar-refractivity contribution is 6.31. The van der Waals surface area contributed by atoms with Crippen molar-refractivity contribution in [1.82, 2.24) is 0 Å².